The summed E-state index contributed by atoms with van der Waals surface area (Å²) in [5.41, 5.74) is 5.25. The van der Waals surface area contributed by atoms with Gasteiger partial charge >= 0.3 is 5.97 Å². The molecule has 0 aromatic rings. The van der Waals surface area contributed by atoms with Crippen LogP contribution in [0.4, 0.5) is 0 Å². The molecule has 0 radical (unpaired) electrons. The monoisotopic (exact) mass is 648 g/mol. The first kappa shape index (κ1) is 39.6. The van der Waals surface area contributed by atoms with Gasteiger partial charge in [-0.3, -0.25) is 47.9 Å². The Labute approximate surface area is 254 Å². The van der Waals surface area contributed by atoms with Gasteiger partial charge in [0.25, 0.3) is 0 Å². The zero-order valence-electron chi connectivity index (χ0n) is 23.7. The van der Waals surface area contributed by atoms with E-state index in [4.69, 9.17) is 15.9 Å². The molecule has 0 aliphatic rings. The zero-order valence-corrected chi connectivity index (χ0v) is 23.7. The molecular weight excluding hydrogens is 612 g/mol. The van der Waals surface area contributed by atoms with Crippen LogP contribution >= 0.6 is 0 Å². The number of rotatable bonds is 21. The van der Waals surface area contributed by atoms with Gasteiger partial charge in [0.15, 0.2) is 0 Å². The Morgan fingerprint density at radius 2 is 0.756 bits per heavy atom. The average molecular weight is 649 g/mol. The third-order valence-electron chi connectivity index (χ3n) is 4.88. The molecule has 252 valence electrons. The van der Waals surface area contributed by atoms with E-state index >= 15 is 0 Å². The maximum Gasteiger partial charge on any atom is 0.322 e. The topological polar surface area (TPSA) is 366 Å². The van der Waals surface area contributed by atoms with Gasteiger partial charge in [-0.05, 0) is 0 Å². The van der Waals surface area contributed by atoms with Crippen LogP contribution < -0.4 is 53.6 Å². The highest BCUT2D eigenvalue weighted by Gasteiger charge is 2.21. The Morgan fingerprint density at radius 1 is 0.444 bits per heavy atom. The molecule has 0 unspecified atom stereocenters. The maximum absolute atomic E-state index is 12.2. The highest BCUT2D eigenvalue weighted by atomic mass is 16.4. The molecule has 45 heavy (non-hydrogen) atoms. The Balaban J connectivity index is 4.24. The van der Waals surface area contributed by atoms with E-state index in [-0.39, 0.29) is 0 Å². The second kappa shape index (κ2) is 22.2. The minimum absolute atomic E-state index is 0.517. The fourth-order valence-corrected chi connectivity index (χ4v) is 2.55. The predicted octanol–water partition coefficient (Wildman–Crippen LogP) is -10.2. The largest absolute Gasteiger partial charge is 0.480 e. The minimum atomic E-state index is -1.53. The van der Waals surface area contributed by atoms with Gasteiger partial charge < -0.3 is 68.9 Å². The number of carbonyl (C=O) groups excluding carboxylic acids is 9. The number of carboxylic acid groups (broad SMARTS) is 1. The fourth-order valence-electron chi connectivity index (χ4n) is 2.55. The van der Waals surface area contributed by atoms with Crippen molar-refractivity contribution >= 4 is 59.1 Å². The molecule has 0 aromatic carbocycles. The van der Waals surface area contributed by atoms with Crippen LogP contribution in [0.25, 0.3) is 0 Å². The maximum atomic E-state index is 12.2. The number of hydrogen-bond donors (Lipinski definition) is 13. The fraction of sp³-hybridized carbons (Fsp3) is 0.545. The first-order valence-electron chi connectivity index (χ1n) is 12.8. The lowest BCUT2D eigenvalue weighted by atomic mass is 10.3. The lowest BCUT2D eigenvalue weighted by Gasteiger charge is -2.16. The molecule has 23 heteroatoms. The number of aliphatic carboxylic acids is 1. The number of hydrogen-bond acceptors (Lipinski definition) is 13. The molecule has 0 aliphatic carbocycles. The summed E-state index contributed by atoms with van der Waals surface area (Å²) in [5, 5.41) is 45.5. The average Bonchev–Trinajstić information content (AvgIpc) is 3.01. The number of amides is 9. The summed E-state index contributed by atoms with van der Waals surface area (Å²) in [5.74, 6) is -8.77. The van der Waals surface area contributed by atoms with Gasteiger partial charge in [-0.25, -0.2) is 0 Å². The molecular formula is C22H36N10O13. The van der Waals surface area contributed by atoms with Crippen LogP contribution in [-0.4, -0.2) is 152 Å². The molecule has 0 bridgehead atoms. The summed E-state index contributed by atoms with van der Waals surface area (Å²) in [4.78, 5) is 116. The molecule has 0 saturated heterocycles. The van der Waals surface area contributed by atoms with Crippen LogP contribution in [0.15, 0.2) is 0 Å². The molecule has 9 amide bonds. The van der Waals surface area contributed by atoms with Crippen LogP contribution in [0.2, 0.25) is 0 Å². The Kier molecular flexibility index (Phi) is 19.5. The van der Waals surface area contributed by atoms with Gasteiger partial charge in [0.05, 0.1) is 59.0 Å². The van der Waals surface area contributed by atoms with Crippen molar-refractivity contribution in [1.82, 2.24) is 47.9 Å². The molecule has 0 saturated carbocycles. The van der Waals surface area contributed by atoms with Crippen LogP contribution in [-0.2, 0) is 47.9 Å². The summed E-state index contributed by atoms with van der Waals surface area (Å²) >= 11 is 0. The third-order valence-corrected chi connectivity index (χ3v) is 4.88. The van der Waals surface area contributed by atoms with E-state index in [2.05, 4.69) is 42.5 Å². The van der Waals surface area contributed by atoms with E-state index in [0.29, 0.717) is 0 Å². The van der Waals surface area contributed by atoms with E-state index in [1.165, 1.54) is 0 Å². The van der Waals surface area contributed by atoms with E-state index in [1.54, 1.807) is 0 Å². The quantitative estimate of drug-likeness (QED) is 0.0550. The summed E-state index contributed by atoms with van der Waals surface area (Å²) in [6, 6.07) is -2.74. The van der Waals surface area contributed by atoms with Gasteiger partial charge in [0.1, 0.15) is 18.6 Å². The number of carbonyl (C=O) groups is 10. The molecule has 2 atom stereocenters. The second-order valence-electron chi connectivity index (χ2n) is 8.58. The molecule has 0 aliphatic heterocycles. The lowest BCUT2D eigenvalue weighted by molar-refractivity contribution is -0.138. The molecule has 0 fully saturated rings. The van der Waals surface area contributed by atoms with E-state index in [0.717, 1.165) is 0 Å². The number of aliphatic hydroxyl groups is 2. The lowest BCUT2D eigenvalue weighted by Crippen LogP contribution is -2.53. The summed E-state index contributed by atoms with van der Waals surface area (Å²) < 4.78 is 0. The van der Waals surface area contributed by atoms with Gasteiger partial charge in [0, 0.05) is 0 Å². The number of aliphatic hydroxyl groups excluding tert-OH is 2. The molecule has 0 heterocycles. The van der Waals surface area contributed by atoms with E-state index in [9.17, 15) is 53.1 Å². The van der Waals surface area contributed by atoms with Gasteiger partial charge in [0.2, 0.25) is 53.2 Å². The van der Waals surface area contributed by atoms with Crippen molar-refractivity contribution < 1.29 is 63.3 Å². The van der Waals surface area contributed by atoms with Crippen molar-refractivity contribution in [2.24, 2.45) is 5.73 Å². The second-order valence-corrected chi connectivity index (χ2v) is 8.58. The van der Waals surface area contributed by atoms with Crippen molar-refractivity contribution in [3.8, 4) is 0 Å². The number of carboxylic acids is 1. The Morgan fingerprint density at radius 3 is 1.09 bits per heavy atom. The van der Waals surface area contributed by atoms with E-state index in [1.807, 2.05) is 5.32 Å². The SMILES string of the molecule is N[C@@H](CO)C(=O)NCC(=O)NCC(=O)NCC(=O)NCC(=O)N[C@@H](CO)C(=O)NCC(=O)NCC(=O)NCC(=O)NCC(=O)O. The van der Waals surface area contributed by atoms with Crippen molar-refractivity contribution in [3.63, 3.8) is 0 Å². The van der Waals surface area contributed by atoms with Crippen molar-refractivity contribution in [2.45, 2.75) is 12.1 Å². The van der Waals surface area contributed by atoms with Crippen molar-refractivity contribution in [1.29, 1.82) is 0 Å². The molecule has 0 spiro atoms. The molecule has 23 nitrogen and oxygen atoms in total. The normalized spacial score (nSPS) is 11.4. The van der Waals surface area contributed by atoms with Crippen molar-refractivity contribution in [3.05, 3.63) is 0 Å². The van der Waals surface area contributed by atoms with Crippen LogP contribution in [0, 0.1) is 0 Å². The highest BCUT2D eigenvalue weighted by molar-refractivity contribution is 5.94. The van der Waals surface area contributed by atoms with Gasteiger partial charge in [-0.1, -0.05) is 0 Å². The Bertz CT molecular complexity index is 1120. The van der Waals surface area contributed by atoms with E-state index < -0.39 is 137 Å². The summed E-state index contributed by atoms with van der Waals surface area (Å²) in [6.45, 7) is -6.30. The molecule has 0 aromatic heterocycles. The summed E-state index contributed by atoms with van der Waals surface area (Å²) in [7, 11) is 0. The smallest absolute Gasteiger partial charge is 0.322 e. The van der Waals surface area contributed by atoms with Crippen LogP contribution in [0.5, 0.6) is 0 Å². The highest BCUT2D eigenvalue weighted by Crippen LogP contribution is 1.84. The van der Waals surface area contributed by atoms with Crippen LogP contribution in [0.1, 0.15) is 0 Å². The minimum Gasteiger partial charge on any atom is -0.480 e. The zero-order chi connectivity index (χ0) is 34.4. The summed E-state index contributed by atoms with van der Waals surface area (Å²) in [6.07, 6.45) is 0. The van der Waals surface area contributed by atoms with Gasteiger partial charge in [-0.15, -0.1) is 0 Å². The predicted molar refractivity (Wildman–Crippen MR) is 146 cm³/mol. The molecule has 0 rings (SSSR count). The first-order valence-corrected chi connectivity index (χ1v) is 12.8. The third kappa shape index (κ3) is 20.2. The standard InChI is InChI=1S/C22H36N10O13/c23-11(9-33)21(44)30-5-17(39)26-1-13(35)24-3-15(37)28-7-19(41)32-12(10-34)22(45)31-6-18(40)27-2-14(36)25-4-16(38)29-8-20(42)43/h11-12,33-34H,1-10,23H2,(H,24,35)(H,25,36)(H,26,39)(H,27,40)(H,28,37)(H,29,38)(H,30,44)(H,31,45)(H,32,41)(H,42,43)/t11-,12-/m0/s1. The van der Waals surface area contributed by atoms with Crippen LogP contribution in [0.3, 0.4) is 0 Å². The molecule has 14 N–H and O–H groups in total. The number of nitrogens with one attached hydrogen (secondary N) is 9. The van der Waals surface area contributed by atoms with Crippen molar-refractivity contribution in [2.75, 3.05) is 65.6 Å². The number of nitrogens with two attached hydrogens (primary N) is 1. The van der Waals surface area contributed by atoms with Gasteiger partial charge in [-0.2, -0.15) is 0 Å². The first-order chi connectivity index (χ1) is 21.2. The Hall–Kier alpha value is -5.42.